The predicted octanol–water partition coefficient (Wildman–Crippen LogP) is 2.90. The zero-order chi connectivity index (χ0) is 12.4. The van der Waals surface area contributed by atoms with Crippen LogP contribution in [0.3, 0.4) is 0 Å². The molecule has 0 saturated heterocycles. The summed E-state index contributed by atoms with van der Waals surface area (Å²) in [5, 5.41) is 18.4. The molecule has 86 valence electrons. The number of halogens is 1. The molecule has 2 N–H and O–H groups in total. The summed E-state index contributed by atoms with van der Waals surface area (Å²) in [6.07, 6.45) is 0. The topological polar surface area (TPSA) is 57.5 Å². The minimum Gasteiger partial charge on any atom is -0.507 e. The Hall–Kier alpha value is -2.36. The summed E-state index contributed by atoms with van der Waals surface area (Å²) in [5.74, 6) is -2.57. The SMILES string of the molecule is O=C(O)c1ccc(O)c(-c2ccccc2)c1F. The number of phenolic OH excluding ortho intramolecular Hbond substituents is 1. The molecular weight excluding hydrogens is 223 g/mol. The summed E-state index contributed by atoms with van der Waals surface area (Å²) < 4.78 is 13.9. The van der Waals surface area contributed by atoms with E-state index in [2.05, 4.69) is 0 Å². The van der Waals surface area contributed by atoms with Gasteiger partial charge in [0.15, 0.2) is 0 Å². The summed E-state index contributed by atoms with van der Waals surface area (Å²) >= 11 is 0. The molecule has 0 spiro atoms. The van der Waals surface area contributed by atoms with Gasteiger partial charge >= 0.3 is 5.97 Å². The Balaban J connectivity index is 2.69. The Labute approximate surface area is 96.8 Å². The first-order chi connectivity index (χ1) is 8.11. The molecule has 0 bridgehead atoms. The van der Waals surface area contributed by atoms with E-state index in [1.165, 1.54) is 6.07 Å². The molecule has 0 aliphatic heterocycles. The van der Waals surface area contributed by atoms with Crippen molar-refractivity contribution in [3.05, 3.63) is 53.8 Å². The summed E-state index contributed by atoms with van der Waals surface area (Å²) in [4.78, 5) is 10.8. The molecule has 2 aromatic carbocycles. The van der Waals surface area contributed by atoms with Gasteiger partial charge in [0.1, 0.15) is 11.6 Å². The average Bonchev–Trinajstić information content (AvgIpc) is 2.30. The zero-order valence-corrected chi connectivity index (χ0v) is 8.72. The molecule has 0 saturated carbocycles. The Kier molecular flexibility index (Phi) is 2.78. The van der Waals surface area contributed by atoms with Crippen LogP contribution in [-0.2, 0) is 0 Å². The van der Waals surface area contributed by atoms with Crippen molar-refractivity contribution in [1.29, 1.82) is 0 Å². The van der Waals surface area contributed by atoms with Gasteiger partial charge in [-0.25, -0.2) is 9.18 Å². The highest BCUT2D eigenvalue weighted by Crippen LogP contribution is 2.33. The van der Waals surface area contributed by atoms with Gasteiger partial charge in [-0.15, -0.1) is 0 Å². The van der Waals surface area contributed by atoms with Crippen LogP contribution in [0.15, 0.2) is 42.5 Å². The lowest BCUT2D eigenvalue weighted by atomic mass is 10.0. The lowest BCUT2D eigenvalue weighted by molar-refractivity contribution is 0.0692. The van der Waals surface area contributed by atoms with Crippen LogP contribution in [0.25, 0.3) is 11.1 Å². The number of aromatic carboxylic acids is 1. The van der Waals surface area contributed by atoms with E-state index >= 15 is 0 Å². The molecule has 0 heterocycles. The molecule has 0 unspecified atom stereocenters. The molecule has 2 rings (SSSR count). The molecule has 3 nitrogen and oxygen atoms in total. The second kappa shape index (κ2) is 4.25. The van der Waals surface area contributed by atoms with Crippen LogP contribution in [0.4, 0.5) is 4.39 Å². The maximum Gasteiger partial charge on any atom is 0.338 e. The smallest absolute Gasteiger partial charge is 0.338 e. The molecule has 0 amide bonds. The number of benzene rings is 2. The van der Waals surface area contributed by atoms with Crippen molar-refractivity contribution in [2.45, 2.75) is 0 Å². The Morgan fingerprint density at radius 2 is 1.71 bits per heavy atom. The fraction of sp³-hybridized carbons (Fsp3) is 0. The van der Waals surface area contributed by atoms with E-state index in [0.29, 0.717) is 5.56 Å². The van der Waals surface area contributed by atoms with Gasteiger partial charge in [0, 0.05) is 0 Å². The number of rotatable bonds is 2. The number of carbonyl (C=O) groups is 1. The number of aromatic hydroxyl groups is 1. The highest BCUT2D eigenvalue weighted by molar-refractivity contribution is 5.91. The van der Waals surface area contributed by atoms with Crippen LogP contribution in [0.2, 0.25) is 0 Å². The number of phenols is 1. The standard InChI is InChI=1S/C13H9FO3/c14-12-9(13(16)17)6-7-10(15)11(12)8-4-2-1-3-5-8/h1-7,15H,(H,16,17). The second-order valence-electron chi connectivity index (χ2n) is 3.49. The van der Waals surface area contributed by atoms with E-state index in [9.17, 15) is 14.3 Å². The van der Waals surface area contributed by atoms with Crippen LogP contribution < -0.4 is 0 Å². The Morgan fingerprint density at radius 3 is 2.29 bits per heavy atom. The third-order valence-electron chi connectivity index (χ3n) is 2.41. The van der Waals surface area contributed by atoms with Crippen molar-refractivity contribution in [3.8, 4) is 16.9 Å². The number of carboxylic acid groups (broad SMARTS) is 1. The Morgan fingerprint density at radius 1 is 1.06 bits per heavy atom. The minimum atomic E-state index is -1.36. The van der Waals surface area contributed by atoms with Gasteiger partial charge < -0.3 is 10.2 Å². The second-order valence-corrected chi connectivity index (χ2v) is 3.49. The highest BCUT2D eigenvalue weighted by atomic mass is 19.1. The average molecular weight is 232 g/mol. The van der Waals surface area contributed by atoms with Crippen LogP contribution in [-0.4, -0.2) is 16.2 Å². The fourth-order valence-electron chi connectivity index (χ4n) is 1.61. The van der Waals surface area contributed by atoms with Gasteiger partial charge in [-0.2, -0.15) is 0 Å². The van der Waals surface area contributed by atoms with E-state index in [1.54, 1.807) is 30.3 Å². The molecule has 0 aliphatic carbocycles. The molecule has 2 aromatic rings. The monoisotopic (exact) mass is 232 g/mol. The third-order valence-corrected chi connectivity index (χ3v) is 2.41. The van der Waals surface area contributed by atoms with Gasteiger partial charge in [-0.1, -0.05) is 30.3 Å². The van der Waals surface area contributed by atoms with E-state index in [-0.39, 0.29) is 11.3 Å². The van der Waals surface area contributed by atoms with E-state index in [0.717, 1.165) is 6.07 Å². The van der Waals surface area contributed by atoms with Gasteiger partial charge in [-0.05, 0) is 17.7 Å². The first kappa shape index (κ1) is 11.1. The molecule has 0 aliphatic rings. The van der Waals surface area contributed by atoms with Crippen molar-refractivity contribution in [1.82, 2.24) is 0 Å². The molecule has 4 heteroatoms. The molecule has 0 aromatic heterocycles. The third kappa shape index (κ3) is 1.97. The van der Waals surface area contributed by atoms with Crippen molar-refractivity contribution in [2.24, 2.45) is 0 Å². The molecular formula is C13H9FO3. The van der Waals surface area contributed by atoms with Crippen LogP contribution in [0.5, 0.6) is 5.75 Å². The number of hydrogen-bond donors (Lipinski definition) is 2. The molecule has 0 radical (unpaired) electrons. The number of carboxylic acids is 1. The largest absolute Gasteiger partial charge is 0.507 e. The van der Waals surface area contributed by atoms with Gasteiger partial charge in [0.2, 0.25) is 0 Å². The van der Waals surface area contributed by atoms with Crippen molar-refractivity contribution in [3.63, 3.8) is 0 Å². The fourth-order valence-corrected chi connectivity index (χ4v) is 1.61. The summed E-state index contributed by atoms with van der Waals surface area (Å²) in [6, 6.07) is 10.5. The summed E-state index contributed by atoms with van der Waals surface area (Å²) in [7, 11) is 0. The molecule has 17 heavy (non-hydrogen) atoms. The van der Waals surface area contributed by atoms with Gasteiger partial charge in [0.25, 0.3) is 0 Å². The lowest BCUT2D eigenvalue weighted by Crippen LogP contribution is -2.02. The van der Waals surface area contributed by atoms with Crippen molar-refractivity contribution >= 4 is 5.97 Å². The normalized spacial score (nSPS) is 10.2. The van der Waals surface area contributed by atoms with Crippen molar-refractivity contribution < 1.29 is 19.4 Å². The maximum absolute atomic E-state index is 13.9. The van der Waals surface area contributed by atoms with E-state index in [4.69, 9.17) is 5.11 Å². The highest BCUT2D eigenvalue weighted by Gasteiger charge is 2.18. The van der Waals surface area contributed by atoms with Crippen LogP contribution in [0.1, 0.15) is 10.4 Å². The lowest BCUT2D eigenvalue weighted by Gasteiger charge is -2.08. The molecule has 0 atom stereocenters. The van der Waals surface area contributed by atoms with E-state index < -0.39 is 17.3 Å². The maximum atomic E-state index is 13.9. The quantitative estimate of drug-likeness (QED) is 0.836. The summed E-state index contributed by atoms with van der Waals surface area (Å²) in [6.45, 7) is 0. The Bertz CT molecular complexity index is 564. The zero-order valence-electron chi connectivity index (χ0n) is 8.72. The first-order valence-corrected chi connectivity index (χ1v) is 4.91. The minimum absolute atomic E-state index is 0.0921. The molecule has 0 fully saturated rings. The van der Waals surface area contributed by atoms with Gasteiger partial charge in [-0.3, -0.25) is 0 Å². The van der Waals surface area contributed by atoms with Gasteiger partial charge in [0.05, 0.1) is 11.1 Å². The van der Waals surface area contributed by atoms with Crippen molar-refractivity contribution in [2.75, 3.05) is 0 Å². The van der Waals surface area contributed by atoms with E-state index in [1.807, 2.05) is 0 Å². The predicted molar refractivity (Wildman–Crippen MR) is 60.5 cm³/mol. The van der Waals surface area contributed by atoms with Crippen LogP contribution in [0, 0.1) is 5.82 Å². The summed E-state index contributed by atoms with van der Waals surface area (Å²) in [5.41, 5.74) is -0.113. The first-order valence-electron chi connectivity index (χ1n) is 4.91. The number of hydrogen-bond acceptors (Lipinski definition) is 2. The van der Waals surface area contributed by atoms with Crippen LogP contribution >= 0.6 is 0 Å².